The largest absolute Gasteiger partial charge is 0.328 e. The molecule has 104 valence electrons. The second-order valence-corrected chi connectivity index (χ2v) is 6.26. The average Bonchev–Trinajstić information content (AvgIpc) is 2.42. The smallest absolute Gasteiger partial charge is 0.00965 e. The van der Waals surface area contributed by atoms with Gasteiger partial charge in [0.05, 0.1) is 0 Å². The van der Waals surface area contributed by atoms with E-state index in [2.05, 4.69) is 36.1 Å². The summed E-state index contributed by atoms with van der Waals surface area (Å²) in [4.78, 5) is 2.70. The lowest BCUT2D eigenvalue weighted by Crippen LogP contribution is -2.44. The molecular weight excluding hydrogens is 232 g/mol. The zero-order chi connectivity index (χ0) is 13.2. The van der Waals surface area contributed by atoms with Crippen molar-refractivity contribution in [2.24, 2.45) is 5.73 Å². The van der Waals surface area contributed by atoms with Gasteiger partial charge in [-0.15, -0.1) is 0 Å². The van der Waals surface area contributed by atoms with Gasteiger partial charge in [0.1, 0.15) is 0 Å². The maximum absolute atomic E-state index is 6.02. The van der Waals surface area contributed by atoms with Crippen molar-refractivity contribution in [3.63, 3.8) is 0 Å². The van der Waals surface area contributed by atoms with Crippen LogP contribution in [0.25, 0.3) is 0 Å². The number of hydrogen-bond donors (Lipinski definition) is 1. The summed E-state index contributed by atoms with van der Waals surface area (Å²) >= 11 is 0. The summed E-state index contributed by atoms with van der Waals surface area (Å²) in [5.74, 6) is 0.770. The maximum Gasteiger partial charge on any atom is 0.00965 e. The second kappa shape index (κ2) is 5.64. The van der Waals surface area contributed by atoms with Crippen molar-refractivity contribution in [2.45, 2.75) is 57.0 Å². The second-order valence-electron chi connectivity index (χ2n) is 6.26. The molecule has 1 atom stereocenters. The van der Waals surface area contributed by atoms with Crippen LogP contribution in [0.3, 0.4) is 0 Å². The van der Waals surface area contributed by atoms with E-state index >= 15 is 0 Å². The molecule has 2 heteroatoms. The number of benzene rings is 1. The van der Waals surface area contributed by atoms with E-state index in [9.17, 15) is 0 Å². The van der Waals surface area contributed by atoms with Crippen LogP contribution in [0.15, 0.2) is 24.3 Å². The van der Waals surface area contributed by atoms with Crippen LogP contribution in [0.1, 0.15) is 49.7 Å². The predicted molar refractivity (Wildman–Crippen MR) is 80.4 cm³/mol. The van der Waals surface area contributed by atoms with E-state index in [0.717, 1.165) is 12.0 Å². The van der Waals surface area contributed by atoms with E-state index in [1.54, 1.807) is 11.1 Å². The molecule has 19 heavy (non-hydrogen) atoms. The summed E-state index contributed by atoms with van der Waals surface area (Å²) in [6, 6.07) is 10.2. The summed E-state index contributed by atoms with van der Waals surface area (Å²) in [5, 5.41) is 0. The highest BCUT2D eigenvalue weighted by Gasteiger charge is 2.30. The Bertz CT molecular complexity index is 421. The van der Waals surface area contributed by atoms with Crippen molar-refractivity contribution in [3.8, 4) is 0 Å². The van der Waals surface area contributed by atoms with Gasteiger partial charge in [0, 0.05) is 24.5 Å². The maximum atomic E-state index is 6.02. The Labute approximate surface area is 117 Å². The predicted octanol–water partition coefficient (Wildman–Crippen LogP) is 2.92. The van der Waals surface area contributed by atoms with Crippen molar-refractivity contribution in [2.75, 3.05) is 13.1 Å². The van der Waals surface area contributed by atoms with E-state index in [-0.39, 0.29) is 0 Å². The molecule has 0 radical (unpaired) electrons. The Kier molecular flexibility index (Phi) is 3.90. The number of hydrogen-bond acceptors (Lipinski definition) is 2. The zero-order valence-electron chi connectivity index (χ0n) is 12.0. The summed E-state index contributed by atoms with van der Waals surface area (Å²) in [6.45, 7) is 4.73. The average molecular weight is 258 g/mol. The first-order valence-electron chi connectivity index (χ1n) is 7.85. The lowest BCUT2D eigenvalue weighted by molar-refractivity contribution is 0.144. The van der Waals surface area contributed by atoms with E-state index in [0.29, 0.717) is 6.04 Å². The van der Waals surface area contributed by atoms with Crippen LogP contribution in [0.2, 0.25) is 0 Å². The van der Waals surface area contributed by atoms with Gasteiger partial charge < -0.3 is 10.6 Å². The fraction of sp³-hybridized carbons (Fsp3) is 0.647. The van der Waals surface area contributed by atoms with E-state index < -0.39 is 0 Å². The van der Waals surface area contributed by atoms with Crippen molar-refractivity contribution in [1.29, 1.82) is 0 Å². The Balaban J connectivity index is 1.59. The normalized spacial score (nSPS) is 29.9. The summed E-state index contributed by atoms with van der Waals surface area (Å²) in [7, 11) is 0. The Morgan fingerprint density at radius 2 is 1.89 bits per heavy atom. The fourth-order valence-electron chi connectivity index (χ4n) is 3.81. The molecule has 3 rings (SSSR count). The van der Waals surface area contributed by atoms with Gasteiger partial charge in [0.2, 0.25) is 0 Å². The lowest BCUT2D eigenvalue weighted by Gasteiger charge is -2.40. The molecule has 1 aromatic carbocycles. The molecule has 2 aliphatic rings. The van der Waals surface area contributed by atoms with Crippen molar-refractivity contribution in [3.05, 3.63) is 35.4 Å². The highest BCUT2D eigenvalue weighted by atomic mass is 15.2. The first-order valence-corrected chi connectivity index (χ1v) is 7.85. The Morgan fingerprint density at radius 3 is 2.58 bits per heavy atom. The molecule has 1 unspecified atom stereocenters. The van der Waals surface area contributed by atoms with Crippen LogP contribution >= 0.6 is 0 Å². The van der Waals surface area contributed by atoms with Crippen molar-refractivity contribution < 1.29 is 0 Å². The number of fused-ring (bicyclic) bond motifs is 1. The molecule has 0 amide bonds. The van der Waals surface area contributed by atoms with Crippen LogP contribution in [0.5, 0.6) is 0 Å². The summed E-state index contributed by atoms with van der Waals surface area (Å²) < 4.78 is 0. The van der Waals surface area contributed by atoms with Gasteiger partial charge in [-0.05, 0) is 49.8 Å². The zero-order valence-corrected chi connectivity index (χ0v) is 12.0. The minimum atomic E-state index is 0.458. The van der Waals surface area contributed by atoms with Gasteiger partial charge in [-0.25, -0.2) is 0 Å². The summed E-state index contributed by atoms with van der Waals surface area (Å²) in [5.41, 5.74) is 9.18. The van der Waals surface area contributed by atoms with Crippen LogP contribution < -0.4 is 5.73 Å². The van der Waals surface area contributed by atoms with E-state index in [1.807, 2.05) is 0 Å². The van der Waals surface area contributed by atoms with Crippen LogP contribution in [-0.4, -0.2) is 30.1 Å². The van der Waals surface area contributed by atoms with E-state index in [1.165, 1.54) is 45.2 Å². The van der Waals surface area contributed by atoms with Gasteiger partial charge >= 0.3 is 0 Å². The molecule has 0 heterocycles. The molecule has 1 fully saturated rings. The fourth-order valence-corrected chi connectivity index (χ4v) is 3.81. The third-order valence-corrected chi connectivity index (χ3v) is 5.08. The molecule has 2 aliphatic carbocycles. The summed E-state index contributed by atoms with van der Waals surface area (Å²) in [6.07, 6.45) is 6.29. The van der Waals surface area contributed by atoms with Crippen LogP contribution in [0, 0.1) is 0 Å². The molecule has 2 nitrogen and oxygen atoms in total. The number of rotatable bonds is 4. The lowest BCUT2D eigenvalue weighted by atomic mass is 9.77. The molecule has 0 aliphatic heterocycles. The van der Waals surface area contributed by atoms with Crippen LogP contribution in [0.4, 0.5) is 0 Å². The SMILES string of the molecule is CCN(CC1Cc2ccccc21)C1CCC(N)CC1. The van der Waals surface area contributed by atoms with Crippen molar-refractivity contribution in [1.82, 2.24) is 4.90 Å². The third kappa shape index (κ3) is 2.70. The van der Waals surface area contributed by atoms with Gasteiger partial charge in [-0.1, -0.05) is 31.2 Å². The quantitative estimate of drug-likeness (QED) is 0.899. The van der Waals surface area contributed by atoms with Gasteiger partial charge in [0.15, 0.2) is 0 Å². The Morgan fingerprint density at radius 1 is 1.16 bits per heavy atom. The minimum absolute atomic E-state index is 0.458. The molecule has 0 saturated heterocycles. The highest BCUT2D eigenvalue weighted by molar-refractivity contribution is 5.40. The van der Waals surface area contributed by atoms with Gasteiger partial charge in [-0.3, -0.25) is 0 Å². The molecule has 0 bridgehead atoms. The molecular formula is C17H26N2. The monoisotopic (exact) mass is 258 g/mol. The number of nitrogens with two attached hydrogens (primary N) is 1. The standard InChI is InChI=1S/C17H26N2/c1-2-19(16-9-7-15(18)8-10-16)12-14-11-13-5-3-4-6-17(13)14/h3-6,14-16H,2,7-12,18H2,1H3. The molecule has 0 spiro atoms. The first kappa shape index (κ1) is 13.1. The Hall–Kier alpha value is -0.860. The first-order chi connectivity index (χ1) is 9.28. The van der Waals surface area contributed by atoms with Crippen molar-refractivity contribution >= 4 is 0 Å². The third-order valence-electron chi connectivity index (χ3n) is 5.08. The molecule has 1 saturated carbocycles. The van der Waals surface area contributed by atoms with Gasteiger partial charge in [0.25, 0.3) is 0 Å². The highest BCUT2D eigenvalue weighted by Crippen LogP contribution is 2.36. The number of nitrogens with zero attached hydrogens (tertiary/aromatic N) is 1. The minimum Gasteiger partial charge on any atom is -0.328 e. The number of likely N-dealkylation sites (N-methyl/N-ethyl adjacent to an activating group) is 1. The van der Waals surface area contributed by atoms with Gasteiger partial charge in [-0.2, -0.15) is 0 Å². The van der Waals surface area contributed by atoms with E-state index in [4.69, 9.17) is 5.73 Å². The molecule has 0 aromatic heterocycles. The van der Waals surface area contributed by atoms with Crippen LogP contribution in [-0.2, 0) is 6.42 Å². The topological polar surface area (TPSA) is 29.3 Å². The molecule has 1 aromatic rings. The molecule has 2 N–H and O–H groups in total.